The monoisotopic (exact) mass is 260 g/mol. The highest BCUT2D eigenvalue weighted by Crippen LogP contribution is 2.02. The van der Waals surface area contributed by atoms with E-state index in [0.29, 0.717) is 5.56 Å². The van der Waals surface area contributed by atoms with E-state index in [4.69, 9.17) is 0 Å². The lowest BCUT2D eigenvalue weighted by molar-refractivity contribution is 0.104. The molecule has 0 radical (unpaired) electrons. The maximum Gasteiger partial charge on any atom is 0.185 e. The number of ketones is 1. The summed E-state index contributed by atoms with van der Waals surface area (Å²) < 4.78 is 0. The second-order valence-corrected chi connectivity index (χ2v) is 4.24. The maximum absolute atomic E-state index is 11.8. The molecule has 0 fully saturated rings. The number of carbonyl (C=O) groups excluding carboxylic acids is 1. The zero-order valence-corrected chi connectivity index (χ0v) is 11.1. The minimum atomic E-state index is 0.0160. The quantitative estimate of drug-likeness (QED) is 0.433. The van der Waals surface area contributed by atoms with Crippen molar-refractivity contribution in [3.63, 3.8) is 0 Å². The molecule has 2 rings (SSSR count). The zero-order chi connectivity index (χ0) is 14.0. The second kappa shape index (κ2) is 7.70. The first-order valence-electron chi connectivity index (χ1n) is 6.52. The Morgan fingerprint density at radius 2 is 1.30 bits per heavy atom. The SMILES string of the molecule is O=C(\C=C/C=C/C=C/c1ccccc1)c1ccccc1. The van der Waals surface area contributed by atoms with E-state index in [2.05, 4.69) is 0 Å². The molecule has 0 N–H and O–H groups in total. The van der Waals surface area contributed by atoms with Gasteiger partial charge in [0.15, 0.2) is 5.78 Å². The van der Waals surface area contributed by atoms with Crippen molar-refractivity contribution in [1.29, 1.82) is 0 Å². The van der Waals surface area contributed by atoms with Gasteiger partial charge in [-0.15, -0.1) is 0 Å². The van der Waals surface area contributed by atoms with Crippen LogP contribution < -0.4 is 0 Å². The Hall–Kier alpha value is -2.67. The minimum Gasteiger partial charge on any atom is -0.289 e. The number of hydrogen-bond acceptors (Lipinski definition) is 1. The molecule has 0 saturated carbocycles. The Kier molecular flexibility index (Phi) is 5.29. The van der Waals surface area contributed by atoms with Gasteiger partial charge in [0.25, 0.3) is 0 Å². The third kappa shape index (κ3) is 4.54. The maximum atomic E-state index is 11.8. The predicted octanol–water partition coefficient (Wildman–Crippen LogP) is 4.70. The molecule has 0 aromatic heterocycles. The Balaban J connectivity index is 1.86. The molecular weight excluding hydrogens is 244 g/mol. The molecule has 0 spiro atoms. The van der Waals surface area contributed by atoms with E-state index in [1.54, 1.807) is 12.2 Å². The van der Waals surface area contributed by atoms with Crippen LogP contribution in [0.15, 0.2) is 91.0 Å². The Bertz CT molecular complexity index is 619. The lowest BCUT2D eigenvalue weighted by Crippen LogP contribution is -1.92. The van der Waals surface area contributed by atoms with Crippen LogP contribution in [0.5, 0.6) is 0 Å². The van der Waals surface area contributed by atoms with Crippen molar-refractivity contribution in [3.8, 4) is 0 Å². The summed E-state index contributed by atoms with van der Waals surface area (Å²) in [5.41, 5.74) is 1.86. The van der Waals surface area contributed by atoms with Gasteiger partial charge in [0, 0.05) is 5.56 Å². The van der Waals surface area contributed by atoms with E-state index < -0.39 is 0 Å². The van der Waals surface area contributed by atoms with Crippen molar-refractivity contribution < 1.29 is 4.79 Å². The van der Waals surface area contributed by atoms with Crippen LogP contribution in [-0.2, 0) is 0 Å². The number of rotatable bonds is 5. The van der Waals surface area contributed by atoms with Crippen LogP contribution in [-0.4, -0.2) is 5.78 Å². The van der Waals surface area contributed by atoms with E-state index in [9.17, 15) is 4.79 Å². The Morgan fingerprint density at radius 1 is 0.700 bits per heavy atom. The highest BCUT2D eigenvalue weighted by atomic mass is 16.1. The minimum absolute atomic E-state index is 0.0160. The summed E-state index contributed by atoms with van der Waals surface area (Å²) in [7, 11) is 0. The van der Waals surface area contributed by atoms with Crippen LogP contribution in [0.25, 0.3) is 6.08 Å². The van der Waals surface area contributed by atoms with Gasteiger partial charge >= 0.3 is 0 Å². The van der Waals surface area contributed by atoms with Crippen LogP contribution in [0, 0.1) is 0 Å². The van der Waals surface area contributed by atoms with Crippen LogP contribution in [0.4, 0.5) is 0 Å². The molecule has 98 valence electrons. The number of allylic oxidation sites excluding steroid dienone is 5. The Labute approximate surface area is 119 Å². The standard InChI is InChI=1S/C19H16O/c20-19(18-14-8-4-9-15-18)16-10-2-1-5-11-17-12-6-3-7-13-17/h1-16H/b2-1+,11-5+,16-10-. The molecule has 20 heavy (non-hydrogen) atoms. The summed E-state index contributed by atoms with van der Waals surface area (Å²) in [6.07, 6.45) is 11.0. The number of hydrogen-bond donors (Lipinski definition) is 0. The fourth-order valence-electron chi connectivity index (χ4n) is 1.70. The van der Waals surface area contributed by atoms with Gasteiger partial charge in [-0.1, -0.05) is 91.0 Å². The van der Waals surface area contributed by atoms with Crippen LogP contribution in [0.1, 0.15) is 15.9 Å². The molecule has 0 amide bonds. The highest BCUT2D eigenvalue weighted by molar-refractivity contribution is 6.04. The van der Waals surface area contributed by atoms with Crippen LogP contribution >= 0.6 is 0 Å². The molecular formula is C19H16O. The normalized spacial score (nSPS) is 11.6. The fraction of sp³-hybridized carbons (Fsp3) is 0. The summed E-state index contributed by atoms with van der Waals surface area (Å²) in [6, 6.07) is 19.3. The lowest BCUT2D eigenvalue weighted by atomic mass is 10.1. The first-order chi connectivity index (χ1) is 9.86. The summed E-state index contributed by atoms with van der Waals surface area (Å²) in [4.78, 5) is 11.8. The number of benzene rings is 2. The van der Waals surface area contributed by atoms with Crippen LogP contribution in [0.2, 0.25) is 0 Å². The van der Waals surface area contributed by atoms with E-state index >= 15 is 0 Å². The van der Waals surface area contributed by atoms with E-state index in [1.165, 1.54) is 0 Å². The van der Waals surface area contributed by atoms with Gasteiger partial charge in [0.2, 0.25) is 0 Å². The molecule has 0 aliphatic rings. The van der Waals surface area contributed by atoms with Crippen molar-refractivity contribution in [2.75, 3.05) is 0 Å². The molecule has 1 nitrogen and oxygen atoms in total. The van der Waals surface area contributed by atoms with Gasteiger partial charge in [-0.05, 0) is 11.6 Å². The van der Waals surface area contributed by atoms with Gasteiger partial charge in [0.05, 0.1) is 0 Å². The smallest absolute Gasteiger partial charge is 0.185 e. The average molecular weight is 260 g/mol. The van der Waals surface area contributed by atoms with Crippen molar-refractivity contribution in [1.82, 2.24) is 0 Å². The lowest BCUT2D eigenvalue weighted by Gasteiger charge is -1.92. The van der Waals surface area contributed by atoms with Crippen molar-refractivity contribution in [2.24, 2.45) is 0 Å². The largest absolute Gasteiger partial charge is 0.289 e. The van der Waals surface area contributed by atoms with Gasteiger partial charge in [0.1, 0.15) is 0 Å². The average Bonchev–Trinajstić information content (AvgIpc) is 2.52. The molecule has 2 aromatic rings. The molecule has 0 bridgehead atoms. The summed E-state index contributed by atoms with van der Waals surface area (Å²) in [6.45, 7) is 0. The topological polar surface area (TPSA) is 17.1 Å². The molecule has 0 unspecified atom stereocenters. The molecule has 2 aromatic carbocycles. The zero-order valence-electron chi connectivity index (χ0n) is 11.1. The summed E-state index contributed by atoms with van der Waals surface area (Å²) in [5.74, 6) is 0.0160. The van der Waals surface area contributed by atoms with E-state index in [0.717, 1.165) is 5.56 Å². The van der Waals surface area contributed by atoms with Gasteiger partial charge in [-0.25, -0.2) is 0 Å². The molecule has 1 heteroatoms. The molecule has 0 aliphatic heterocycles. The predicted molar refractivity (Wildman–Crippen MR) is 84.5 cm³/mol. The Morgan fingerprint density at radius 3 is 2.00 bits per heavy atom. The molecule has 0 heterocycles. The molecule has 0 saturated heterocycles. The molecule has 0 atom stereocenters. The third-order valence-electron chi connectivity index (χ3n) is 2.73. The molecule has 0 aliphatic carbocycles. The van der Waals surface area contributed by atoms with Crippen molar-refractivity contribution in [3.05, 3.63) is 102 Å². The van der Waals surface area contributed by atoms with Crippen molar-refractivity contribution in [2.45, 2.75) is 0 Å². The van der Waals surface area contributed by atoms with Gasteiger partial charge in [-0.3, -0.25) is 4.79 Å². The first-order valence-corrected chi connectivity index (χ1v) is 6.52. The third-order valence-corrected chi connectivity index (χ3v) is 2.73. The fourth-order valence-corrected chi connectivity index (χ4v) is 1.70. The first kappa shape index (κ1) is 13.8. The summed E-state index contributed by atoms with van der Waals surface area (Å²) in [5, 5.41) is 0. The summed E-state index contributed by atoms with van der Waals surface area (Å²) >= 11 is 0. The van der Waals surface area contributed by atoms with Gasteiger partial charge in [-0.2, -0.15) is 0 Å². The highest BCUT2D eigenvalue weighted by Gasteiger charge is 1.97. The number of carbonyl (C=O) groups is 1. The van der Waals surface area contributed by atoms with E-state index in [1.807, 2.05) is 85.0 Å². The van der Waals surface area contributed by atoms with E-state index in [-0.39, 0.29) is 5.78 Å². The second-order valence-electron chi connectivity index (χ2n) is 4.24. The van der Waals surface area contributed by atoms with Crippen molar-refractivity contribution >= 4 is 11.9 Å². The van der Waals surface area contributed by atoms with Gasteiger partial charge < -0.3 is 0 Å². The van der Waals surface area contributed by atoms with Crippen LogP contribution in [0.3, 0.4) is 0 Å².